The van der Waals surface area contributed by atoms with Gasteiger partial charge in [0.2, 0.25) is 5.91 Å². The predicted molar refractivity (Wildman–Crippen MR) is 122 cm³/mol. The molecule has 2 heterocycles. The van der Waals surface area contributed by atoms with Gasteiger partial charge in [-0.25, -0.2) is 4.98 Å². The molecule has 1 fully saturated rings. The van der Waals surface area contributed by atoms with Crippen molar-refractivity contribution < 1.29 is 4.79 Å². The van der Waals surface area contributed by atoms with Gasteiger partial charge in [-0.2, -0.15) is 0 Å². The number of fused-ring (bicyclic) bond motifs is 1. The smallest absolute Gasteiger partial charge is 0.250 e. The highest BCUT2D eigenvalue weighted by atomic mass is 35.5. The molecule has 2 aromatic carbocycles. The van der Waals surface area contributed by atoms with Crippen LogP contribution >= 0.6 is 22.9 Å². The molecular weight excluding hydrogens is 402 g/mol. The summed E-state index contributed by atoms with van der Waals surface area (Å²) in [6.07, 6.45) is 5.80. The van der Waals surface area contributed by atoms with E-state index in [1.54, 1.807) is 12.1 Å². The number of hydrogen-bond donors (Lipinski definition) is 1. The minimum absolute atomic E-state index is 0.202. The molecule has 1 saturated heterocycles. The second-order valence-electron chi connectivity index (χ2n) is 7.66. The van der Waals surface area contributed by atoms with Crippen molar-refractivity contribution in [1.82, 2.24) is 9.88 Å². The first-order valence-electron chi connectivity index (χ1n) is 9.91. The maximum Gasteiger partial charge on any atom is 0.250 e. The van der Waals surface area contributed by atoms with E-state index in [1.165, 1.54) is 48.9 Å². The lowest BCUT2D eigenvalue weighted by atomic mass is 9.99. The summed E-state index contributed by atoms with van der Waals surface area (Å²) in [5.74, 6) is 0.640. The van der Waals surface area contributed by atoms with Crippen LogP contribution in [0.1, 0.15) is 30.9 Å². The number of rotatable bonds is 5. The number of hydrogen-bond acceptors (Lipinski definition) is 4. The molecule has 0 aliphatic carbocycles. The van der Waals surface area contributed by atoms with E-state index in [-0.39, 0.29) is 5.91 Å². The fourth-order valence-corrected chi connectivity index (χ4v) is 4.66. The molecule has 1 aliphatic rings. The molecule has 150 valence electrons. The molecule has 0 radical (unpaired) electrons. The number of carbonyl (C=O) groups is 1. The number of likely N-dealkylation sites (tertiary alicyclic amines) is 1. The summed E-state index contributed by atoms with van der Waals surface area (Å²) in [5, 5.41) is 4.12. The van der Waals surface area contributed by atoms with Gasteiger partial charge in [-0.1, -0.05) is 48.1 Å². The molecular formula is C23H24ClN3OS. The van der Waals surface area contributed by atoms with Gasteiger partial charge < -0.3 is 0 Å². The van der Waals surface area contributed by atoms with E-state index in [1.807, 2.05) is 24.3 Å². The average molecular weight is 426 g/mol. The molecule has 1 aliphatic heterocycles. The van der Waals surface area contributed by atoms with Crippen LogP contribution in [0, 0.1) is 5.92 Å². The fourth-order valence-electron chi connectivity index (χ4n) is 3.53. The Balaban J connectivity index is 1.40. The minimum Gasteiger partial charge on any atom is -0.299 e. The van der Waals surface area contributed by atoms with Crippen molar-refractivity contribution in [1.29, 1.82) is 0 Å². The number of benzene rings is 2. The van der Waals surface area contributed by atoms with Gasteiger partial charge in [-0.15, -0.1) is 0 Å². The van der Waals surface area contributed by atoms with Crippen LogP contribution in [0.5, 0.6) is 0 Å². The molecule has 0 spiro atoms. The highest BCUT2D eigenvalue weighted by Gasteiger charge is 2.16. The van der Waals surface area contributed by atoms with Crippen LogP contribution in [-0.4, -0.2) is 28.9 Å². The van der Waals surface area contributed by atoms with Gasteiger partial charge in [0.25, 0.3) is 0 Å². The van der Waals surface area contributed by atoms with E-state index in [0.29, 0.717) is 10.2 Å². The molecule has 0 atom stereocenters. The SMILES string of the molecule is CC1CCN(Cc2ccc3nc(NC(=O)/C=C/c4cccc(Cl)c4)sc3c2)CC1. The molecule has 0 unspecified atom stereocenters. The Kier molecular flexibility index (Phi) is 6.28. The Morgan fingerprint density at radius 2 is 2.10 bits per heavy atom. The summed E-state index contributed by atoms with van der Waals surface area (Å²) in [4.78, 5) is 19.3. The van der Waals surface area contributed by atoms with Gasteiger partial charge >= 0.3 is 0 Å². The number of aromatic nitrogens is 1. The number of anilines is 1. The van der Waals surface area contributed by atoms with Crippen molar-refractivity contribution in [2.75, 3.05) is 18.4 Å². The summed E-state index contributed by atoms with van der Waals surface area (Å²) in [6, 6.07) is 13.8. The van der Waals surface area contributed by atoms with E-state index in [9.17, 15) is 4.79 Å². The molecule has 1 amide bonds. The second kappa shape index (κ2) is 9.08. The van der Waals surface area contributed by atoms with E-state index in [4.69, 9.17) is 11.6 Å². The topological polar surface area (TPSA) is 45.2 Å². The summed E-state index contributed by atoms with van der Waals surface area (Å²) in [6.45, 7) is 5.65. The molecule has 3 aromatic rings. The highest BCUT2D eigenvalue weighted by molar-refractivity contribution is 7.22. The molecule has 4 rings (SSSR count). The van der Waals surface area contributed by atoms with Gasteiger partial charge in [0.1, 0.15) is 0 Å². The summed E-state index contributed by atoms with van der Waals surface area (Å²) < 4.78 is 1.10. The van der Waals surface area contributed by atoms with Gasteiger partial charge in [0.05, 0.1) is 10.2 Å². The third-order valence-corrected chi connectivity index (χ3v) is 6.41. The first-order valence-corrected chi connectivity index (χ1v) is 11.1. The highest BCUT2D eigenvalue weighted by Crippen LogP contribution is 2.28. The third-order valence-electron chi connectivity index (χ3n) is 5.24. The van der Waals surface area contributed by atoms with Crippen LogP contribution in [0.2, 0.25) is 5.02 Å². The Morgan fingerprint density at radius 1 is 1.28 bits per heavy atom. The lowest BCUT2D eigenvalue weighted by Crippen LogP contribution is -2.32. The van der Waals surface area contributed by atoms with Crippen molar-refractivity contribution in [2.24, 2.45) is 5.92 Å². The summed E-state index contributed by atoms with van der Waals surface area (Å²) >= 11 is 7.48. The van der Waals surface area contributed by atoms with Crippen molar-refractivity contribution in [3.63, 3.8) is 0 Å². The van der Waals surface area contributed by atoms with Gasteiger partial charge in [0.15, 0.2) is 5.13 Å². The Hall–Kier alpha value is -2.21. The maximum atomic E-state index is 12.2. The fraction of sp³-hybridized carbons (Fsp3) is 0.304. The van der Waals surface area contributed by atoms with Crippen LogP contribution in [0.25, 0.3) is 16.3 Å². The first kappa shape index (κ1) is 20.1. The number of nitrogens with one attached hydrogen (secondary N) is 1. The van der Waals surface area contributed by atoms with Crippen LogP contribution in [0.15, 0.2) is 48.5 Å². The average Bonchev–Trinajstić information content (AvgIpc) is 3.10. The molecule has 0 bridgehead atoms. The zero-order chi connectivity index (χ0) is 20.2. The van der Waals surface area contributed by atoms with Crippen LogP contribution in [0.4, 0.5) is 5.13 Å². The molecule has 29 heavy (non-hydrogen) atoms. The Morgan fingerprint density at radius 3 is 2.90 bits per heavy atom. The van der Waals surface area contributed by atoms with E-state index < -0.39 is 0 Å². The lowest BCUT2D eigenvalue weighted by molar-refractivity contribution is -0.111. The molecule has 1 N–H and O–H groups in total. The standard InChI is InChI=1S/C23H24ClN3OS/c1-16-9-11-27(12-10-16)15-18-5-7-20-21(14-18)29-23(25-20)26-22(28)8-6-17-3-2-4-19(24)13-17/h2-8,13-14,16H,9-12,15H2,1H3,(H,25,26,28)/b8-6+. The van der Waals surface area contributed by atoms with Crippen LogP contribution < -0.4 is 5.32 Å². The predicted octanol–water partition coefficient (Wildman–Crippen LogP) is 5.83. The quantitative estimate of drug-likeness (QED) is 0.523. The molecule has 6 heteroatoms. The Labute approximate surface area is 180 Å². The van der Waals surface area contributed by atoms with Gasteiger partial charge in [0, 0.05) is 17.6 Å². The maximum absolute atomic E-state index is 12.2. The normalized spacial score (nSPS) is 15.9. The minimum atomic E-state index is -0.202. The van der Waals surface area contributed by atoms with Gasteiger partial charge in [-0.3, -0.25) is 15.0 Å². The molecule has 4 nitrogen and oxygen atoms in total. The van der Waals surface area contributed by atoms with Gasteiger partial charge in [-0.05, 0) is 73.3 Å². The zero-order valence-corrected chi connectivity index (χ0v) is 18.0. The second-order valence-corrected chi connectivity index (χ2v) is 9.12. The number of halogens is 1. The lowest BCUT2D eigenvalue weighted by Gasteiger charge is -2.30. The largest absolute Gasteiger partial charge is 0.299 e. The third kappa shape index (κ3) is 5.44. The monoisotopic (exact) mass is 425 g/mol. The van der Waals surface area contributed by atoms with Crippen molar-refractivity contribution in [3.05, 3.63) is 64.7 Å². The van der Waals surface area contributed by atoms with E-state index >= 15 is 0 Å². The van der Waals surface area contributed by atoms with E-state index in [0.717, 1.165) is 28.2 Å². The number of piperidine rings is 1. The van der Waals surface area contributed by atoms with Crippen molar-refractivity contribution >= 4 is 50.3 Å². The Bertz CT molecular complexity index is 1040. The molecule has 0 saturated carbocycles. The first-order chi connectivity index (χ1) is 14.0. The van der Waals surface area contributed by atoms with Crippen molar-refractivity contribution in [3.8, 4) is 0 Å². The summed E-state index contributed by atoms with van der Waals surface area (Å²) in [7, 11) is 0. The number of thiazole rings is 1. The number of nitrogens with zero attached hydrogens (tertiary/aromatic N) is 2. The zero-order valence-electron chi connectivity index (χ0n) is 16.4. The van der Waals surface area contributed by atoms with Crippen LogP contribution in [0.3, 0.4) is 0 Å². The molecule has 1 aromatic heterocycles. The van der Waals surface area contributed by atoms with Crippen LogP contribution in [-0.2, 0) is 11.3 Å². The van der Waals surface area contributed by atoms with Crippen molar-refractivity contribution in [2.45, 2.75) is 26.3 Å². The summed E-state index contributed by atoms with van der Waals surface area (Å²) in [5.41, 5.74) is 3.10. The number of amides is 1. The van der Waals surface area contributed by atoms with E-state index in [2.05, 4.69) is 34.3 Å². The number of carbonyl (C=O) groups excluding carboxylic acids is 1.